The van der Waals surface area contributed by atoms with Gasteiger partial charge in [-0.2, -0.15) is 0 Å². The lowest BCUT2D eigenvalue weighted by atomic mass is 10.1. The van der Waals surface area contributed by atoms with Crippen LogP contribution in [0.15, 0.2) is 36.4 Å². The number of carbonyl (C=O) groups excluding carboxylic acids is 1. The number of aryl methyl sites for hydroxylation is 1. The summed E-state index contributed by atoms with van der Waals surface area (Å²) in [6, 6.07) is 11.4. The third-order valence-electron chi connectivity index (χ3n) is 3.80. The van der Waals surface area contributed by atoms with Gasteiger partial charge in [0.15, 0.2) is 11.5 Å². The van der Waals surface area contributed by atoms with Crippen LogP contribution in [0.3, 0.4) is 0 Å². The third kappa shape index (κ3) is 5.31. The van der Waals surface area contributed by atoms with Gasteiger partial charge >= 0.3 is 0 Å². The van der Waals surface area contributed by atoms with Crippen molar-refractivity contribution in [1.82, 2.24) is 5.32 Å². The van der Waals surface area contributed by atoms with Gasteiger partial charge in [-0.05, 0) is 42.3 Å². The Hall–Kier alpha value is -2.89. The molecular weight excluding hydrogens is 334 g/mol. The Morgan fingerprint density at radius 2 is 1.69 bits per heavy atom. The van der Waals surface area contributed by atoms with Crippen LogP contribution in [0.25, 0.3) is 0 Å². The Balaban J connectivity index is 1.86. The fourth-order valence-electron chi connectivity index (χ4n) is 2.49. The van der Waals surface area contributed by atoms with E-state index in [1.165, 1.54) is 0 Å². The zero-order valence-corrected chi connectivity index (χ0v) is 15.6. The molecule has 0 aliphatic heterocycles. The van der Waals surface area contributed by atoms with E-state index in [0.29, 0.717) is 30.4 Å². The Morgan fingerprint density at radius 3 is 2.27 bits per heavy atom. The molecule has 2 aromatic carbocycles. The van der Waals surface area contributed by atoms with E-state index in [4.69, 9.17) is 18.9 Å². The number of rotatable bonds is 9. The highest BCUT2D eigenvalue weighted by Crippen LogP contribution is 2.38. The molecule has 2 aromatic rings. The summed E-state index contributed by atoms with van der Waals surface area (Å²) in [6.45, 7) is 2.68. The highest BCUT2D eigenvalue weighted by atomic mass is 16.5. The van der Waals surface area contributed by atoms with Gasteiger partial charge in [0.05, 0.1) is 34.4 Å². The molecule has 0 unspecified atom stereocenters. The Morgan fingerprint density at radius 1 is 1.00 bits per heavy atom. The van der Waals surface area contributed by atoms with E-state index in [0.717, 1.165) is 16.9 Å². The summed E-state index contributed by atoms with van der Waals surface area (Å²) in [7, 11) is 4.67. The van der Waals surface area contributed by atoms with Crippen molar-refractivity contribution in [3.05, 3.63) is 47.5 Å². The van der Waals surface area contributed by atoms with Crippen LogP contribution in [-0.2, 0) is 11.3 Å². The van der Waals surface area contributed by atoms with Gasteiger partial charge in [-0.3, -0.25) is 4.79 Å². The van der Waals surface area contributed by atoms with E-state index in [1.54, 1.807) is 21.3 Å². The van der Waals surface area contributed by atoms with Crippen molar-refractivity contribution in [3.63, 3.8) is 0 Å². The summed E-state index contributed by atoms with van der Waals surface area (Å²) in [6.07, 6.45) is 0.276. The van der Waals surface area contributed by atoms with Crippen LogP contribution in [0.2, 0.25) is 0 Å². The third-order valence-corrected chi connectivity index (χ3v) is 3.80. The predicted molar refractivity (Wildman–Crippen MR) is 99.2 cm³/mol. The van der Waals surface area contributed by atoms with Crippen molar-refractivity contribution in [3.8, 4) is 23.0 Å². The van der Waals surface area contributed by atoms with Crippen LogP contribution in [0, 0.1) is 6.92 Å². The van der Waals surface area contributed by atoms with E-state index in [9.17, 15) is 4.79 Å². The molecule has 26 heavy (non-hydrogen) atoms. The lowest BCUT2D eigenvalue weighted by Gasteiger charge is -2.14. The second-order valence-corrected chi connectivity index (χ2v) is 5.73. The fraction of sp³-hybridized carbons (Fsp3) is 0.350. The van der Waals surface area contributed by atoms with Crippen LogP contribution in [0.4, 0.5) is 0 Å². The van der Waals surface area contributed by atoms with Crippen molar-refractivity contribution in [1.29, 1.82) is 0 Å². The molecule has 0 bridgehead atoms. The monoisotopic (exact) mass is 359 g/mol. The molecule has 2 rings (SSSR count). The summed E-state index contributed by atoms with van der Waals surface area (Å²) in [5.74, 6) is 2.31. The molecule has 0 aliphatic rings. The SMILES string of the molecule is COc1cc(CNC(=O)CCOc2cccc(C)c2)cc(OC)c1OC. The predicted octanol–water partition coefficient (Wildman–Crippen LogP) is 3.11. The summed E-state index contributed by atoms with van der Waals surface area (Å²) < 4.78 is 21.5. The molecule has 0 fully saturated rings. The first-order valence-electron chi connectivity index (χ1n) is 8.32. The number of methoxy groups -OCH3 is 3. The van der Waals surface area contributed by atoms with Crippen LogP contribution < -0.4 is 24.3 Å². The van der Waals surface area contributed by atoms with Gasteiger partial charge < -0.3 is 24.3 Å². The molecule has 0 saturated carbocycles. The summed E-state index contributed by atoms with van der Waals surface area (Å²) >= 11 is 0. The zero-order chi connectivity index (χ0) is 18.9. The fourth-order valence-corrected chi connectivity index (χ4v) is 2.49. The second kappa shape index (κ2) is 9.56. The van der Waals surface area contributed by atoms with Crippen molar-refractivity contribution in [2.45, 2.75) is 19.9 Å². The molecule has 0 radical (unpaired) electrons. The molecular formula is C20H25NO5. The standard InChI is InChI=1S/C20H25NO5/c1-14-6-5-7-16(10-14)26-9-8-19(22)21-13-15-11-17(23-2)20(25-4)18(12-15)24-3/h5-7,10-12H,8-9,13H2,1-4H3,(H,21,22). The summed E-state index contributed by atoms with van der Waals surface area (Å²) in [4.78, 5) is 12.0. The van der Waals surface area contributed by atoms with Gasteiger partial charge in [-0.25, -0.2) is 0 Å². The maximum absolute atomic E-state index is 12.0. The smallest absolute Gasteiger partial charge is 0.223 e. The number of hydrogen-bond donors (Lipinski definition) is 1. The lowest BCUT2D eigenvalue weighted by Crippen LogP contribution is -2.24. The van der Waals surface area contributed by atoms with E-state index in [2.05, 4.69) is 5.32 Å². The van der Waals surface area contributed by atoms with Gasteiger partial charge in [0.25, 0.3) is 0 Å². The number of benzene rings is 2. The maximum Gasteiger partial charge on any atom is 0.223 e. The summed E-state index contributed by atoms with van der Waals surface area (Å²) in [5.41, 5.74) is 1.97. The molecule has 0 saturated heterocycles. The molecule has 1 N–H and O–H groups in total. The Kier molecular flexibility index (Phi) is 7.14. The number of ether oxygens (including phenoxy) is 4. The Labute approximate surface area is 154 Å². The van der Waals surface area contributed by atoms with Gasteiger partial charge in [0, 0.05) is 6.54 Å². The topological polar surface area (TPSA) is 66.0 Å². The minimum absolute atomic E-state index is 0.0913. The first-order valence-corrected chi connectivity index (χ1v) is 8.32. The molecule has 1 amide bonds. The molecule has 0 aliphatic carbocycles. The Bertz CT molecular complexity index is 720. The highest BCUT2D eigenvalue weighted by molar-refractivity contribution is 5.76. The van der Waals surface area contributed by atoms with Crippen LogP contribution in [0.5, 0.6) is 23.0 Å². The van der Waals surface area contributed by atoms with E-state index in [-0.39, 0.29) is 12.3 Å². The first kappa shape index (κ1) is 19.4. The molecule has 0 heterocycles. The van der Waals surface area contributed by atoms with Crippen molar-refractivity contribution in [2.75, 3.05) is 27.9 Å². The molecule has 140 valence electrons. The molecule has 6 nitrogen and oxygen atoms in total. The normalized spacial score (nSPS) is 10.2. The lowest BCUT2D eigenvalue weighted by molar-refractivity contribution is -0.121. The quantitative estimate of drug-likeness (QED) is 0.745. The van der Waals surface area contributed by atoms with Crippen molar-refractivity contribution in [2.24, 2.45) is 0 Å². The van der Waals surface area contributed by atoms with Crippen LogP contribution >= 0.6 is 0 Å². The largest absolute Gasteiger partial charge is 0.493 e. The molecule has 0 aromatic heterocycles. The maximum atomic E-state index is 12.0. The number of carbonyl (C=O) groups is 1. The average Bonchev–Trinajstić information content (AvgIpc) is 2.65. The first-order chi connectivity index (χ1) is 12.6. The molecule has 0 spiro atoms. The van der Waals surface area contributed by atoms with E-state index < -0.39 is 0 Å². The highest BCUT2D eigenvalue weighted by Gasteiger charge is 2.13. The van der Waals surface area contributed by atoms with Gasteiger partial charge in [-0.1, -0.05) is 12.1 Å². The molecule has 6 heteroatoms. The van der Waals surface area contributed by atoms with Crippen LogP contribution in [-0.4, -0.2) is 33.8 Å². The number of amides is 1. The second-order valence-electron chi connectivity index (χ2n) is 5.73. The van der Waals surface area contributed by atoms with Gasteiger partial charge in [0.2, 0.25) is 11.7 Å². The number of hydrogen-bond acceptors (Lipinski definition) is 5. The molecule has 0 atom stereocenters. The van der Waals surface area contributed by atoms with Crippen molar-refractivity contribution >= 4 is 5.91 Å². The average molecular weight is 359 g/mol. The zero-order valence-electron chi connectivity index (χ0n) is 15.6. The number of nitrogens with one attached hydrogen (secondary N) is 1. The van der Waals surface area contributed by atoms with Crippen molar-refractivity contribution < 1.29 is 23.7 Å². The minimum Gasteiger partial charge on any atom is -0.493 e. The minimum atomic E-state index is -0.0913. The van der Waals surface area contributed by atoms with E-state index >= 15 is 0 Å². The van der Waals surface area contributed by atoms with Gasteiger partial charge in [0.1, 0.15) is 5.75 Å². The van der Waals surface area contributed by atoms with Crippen LogP contribution in [0.1, 0.15) is 17.5 Å². The van der Waals surface area contributed by atoms with Gasteiger partial charge in [-0.15, -0.1) is 0 Å². The van der Waals surface area contributed by atoms with E-state index in [1.807, 2.05) is 43.3 Å². The summed E-state index contributed by atoms with van der Waals surface area (Å²) in [5, 5.41) is 2.87.